The molecule has 0 radical (unpaired) electrons. The molecule has 0 aromatic heterocycles. The van der Waals surface area contributed by atoms with E-state index < -0.39 is 0 Å². The predicted molar refractivity (Wildman–Crippen MR) is 52.2 cm³/mol. The molecule has 2 aliphatic heterocycles. The third kappa shape index (κ3) is 1.99. The van der Waals surface area contributed by atoms with Gasteiger partial charge in [-0.15, -0.1) is 0 Å². The molecule has 2 fully saturated rings. The van der Waals surface area contributed by atoms with Crippen molar-refractivity contribution in [1.82, 2.24) is 15.5 Å². The standard InChI is InChI=1S/C9H17N3O2/c1-9(6-10-7-9)14-5-4-12-3-2-11-8(12)13/h10H,2-7H2,1H3,(H,11,13). The summed E-state index contributed by atoms with van der Waals surface area (Å²) in [5, 5.41) is 5.94. The molecule has 80 valence electrons. The number of nitrogens with one attached hydrogen (secondary N) is 2. The number of amides is 2. The summed E-state index contributed by atoms with van der Waals surface area (Å²) in [6, 6.07) is 0.0329. The van der Waals surface area contributed by atoms with Gasteiger partial charge in [0.05, 0.1) is 12.2 Å². The molecule has 0 aliphatic carbocycles. The van der Waals surface area contributed by atoms with E-state index in [9.17, 15) is 4.79 Å². The molecule has 2 amide bonds. The monoisotopic (exact) mass is 199 g/mol. The van der Waals surface area contributed by atoms with E-state index in [4.69, 9.17) is 4.74 Å². The summed E-state index contributed by atoms with van der Waals surface area (Å²) in [5.74, 6) is 0. The van der Waals surface area contributed by atoms with E-state index in [1.165, 1.54) is 0 Å². The van der Waals surface area contributed by atoms with Gasteiger partial charge >= 0.3 is 6.03 Å². The summed E-state index contributed by atoms with van der Waals surface area (Å²) in [7, 11) is 0. The molecular weight excluding hydrogens is 182 g/mol. The summed E-state index contributed by atoms with van der Waals surface area (Å²) in [5.41, 5.74) is -0.00377. The third-order valence-electron chi connectivity index (χ3n) is 2.75. The van der Waals surface area contributed by atoms with Crippen LogP contribution in [0.15, 0.2) is 0 Å². The van der Waals surface area contributed by atoms with Gasteiger partial charge in [0.2, 0.25) is 0 Å². The average molecular weight is 199 g/mol. The molecule has 2 heterocycles. The van der Waals surface area contributed by atoms with Gasteiger partial charge in [-0.1, -0.05) is 0 Å². The highest BCUT2D eigenvalue weighted by molar-refractivity contribution is 5.76. The van der Waals surface area contributed by atoms with Gasteiger partial charge in [-0.05, 0) is 6.92 Å². The molecule has 0 saturated carbocycles. The molecular formula is C9H17N3O2. The van der Waals surface area contributed by atoms with Crippen LogP contribution in [0.5, 0.6) is 0 Å². The first-order chi connectivity index (χ1) is 6.70. The van der Waals surface area contributed by atoms with E-state index >= 15 is 0 Å². The molecule has 14 heavy (non-hydrogen) atoms. The van der Waals surface area contributed by atoms with Crippen molar-refractivity contribution in [2.24, 2.45) is 0 Å². The van der Waals surface area contributed by atoms with Crippen molar-refractivity contribution in [2.45, 2.75) is 12.5 Å². The number of rotatable bonds is 4. The maximum absolute atomic E-state index is 11.2. The fraction of sp³-hybridized carbons (Fsp3) is 0.889. The Hall–Kier alpha value is -0.810. The smallest absolute Gasteiger partial charge is 0.317 e. The van der Waals surface area contributed by atoms with Crippen molar-refractivity contribution in [2.75, 3.05) is 39.3 Å². The number of carbonyl (C=O) groups is 1. The largest absolute Gasteiger partial charge is 0.371 e. The SMILES string of the molecule is CC1(OCCN2CCNC2=O)CNC1. The minimum atomic E-state index is -0.00377. The van der Waals surface area contributed by atoms with Crippen LogP contribution in [0, 0.1) is 0 Å². The van der Waals surface area contributed by atoms with Crippen molar-refractivity contribution in [3.05, 3.63) is 0 Å². The van der Waals surface area contributed by atoms with Crippen molar-refractivity contribution >= 4 is 6.03 Å². The summed E-state index contributed by atoms with van der Waals surface area (Å²) in [6.45, 7) is 6.81. The van der Waals surface area contributed by atoms with Gasteiger partial charge in [0.15, 0.2) is 0 Å². The second-order valence-corrected chi connectivity index (χ2v) is 4.12. The predicted octanol–water partition coefficient (Wildman–Crippen LogP) is -0.610. The van der Waals surface area contributed by atoms with Crippen LogP contribution in [0.25, 0.3) is 0 Å². The first kappa shape index (κ1) is 9.73. The highest BCUT2D eigenvalue weighted by Crippen LogP contribution is 2.14. The molecule has 0 atom stereocenters. The number of hydrogen-bond donors (Lipinski definition) is 2. The number of ether oxygens (including phenoxy) is 1. The summed E-state index contributed by atoms with van der Waals surface area (Å²) in [4.78, 5) is 12.9. The van der Waals surface area contributed by atoms with E-state index in [0.717, 1.165) is 26.2 Å². The third-order valence-corrected chi connectivity index (χ3v) is 2.75. The minimum absolute atomic E-state index is 0.00377. The van der Waals surface area contributed by atoms with E-state index in [0.29, 0.717) is 13.2 Å². The summed E-state index contributed by atoms with van der Waals surface area (Å²) >= 11 is 0. The van der Waals surface area contributed by atoms with Gasteiger partial charge in [0.25, 0.3) is 0 Å². The molecule has 0 aromatic rings. The summed E-state index contributed by atoms with van der Waals surface area (Å²) in [6.07, 6.45) is 0. The quantitative estimate of drug-likeness (QED) is 0.635. The number of carbonyl (C=O) groups excluding carboxylic acids is 1. The lowest BCUT2D eigenvalue weighted by molar-refractivity contribution is -0.0692. The van der Waals surface area contributed by atoms with Crippen LogP contribution in [0.4, 0.5) is 4.79 Å². The van der Waals surface area contributed by atoms with E-state index in [1.807, 2.05) is 0 Å². The van der Waals surface area contributed by atoms with Gasteiger partial charge in [-0.3, -0.25) is 0 Å². The van der Waals surface area contributed by atoms with E-state index in [1.54, 1.807) is 4.90 Å². The van der Waals surface area contributed by atoms with Gasteiger partial charge < -0.3 is 20.3 Å². The van der Waals surface area contributed by atoms with Gasteiger partial charge in [0, 0.05) is 32.7 Å². The molecule has 2 rings (SSSR count). The average Bonchev–Trinajstić information content (AvgIpc) is 2.49. The topological polar surface area (TPSA) is 53.6 Å². The number of nitrogens with zero attached hydrogens (tertiary/aromatic N) is 1. The Morgan fingerprint density at radius 3 is 2.86 bits per heavy atom. The molecule has 2 saturated heterocycles. The molecule has 2 aliphatic rings. The Labute approximate surface area is 83.8 Å². The van der Waals surface area contributed by atoms with E-state index in [2.05, 4.69) is 17.6 Å². The Bertz CT molecular complexity index is 228. The van der Waals surface area contributed by atoms with Crippen LogP contribution < -0.4 is 10.6 Å². The highest BCUT2D eigenvalue weighted by atomic mass is 16.5. The van der Waals surface area contributed by atoms with Crippen LogP contribution >= 0.6 is 0 Å². The highest BCUT2D eigenvalue weighted by Gasteiger charge is 2.32. The van der Waals surface area contributed by atoms with Crippen molar-refractivity contribution in [1.29, 1.82) is 0 Å². The lowest BCUT2D eigenvalue weighted by Crippen LogP contribution is -2.59. The number of urea groups is 1. The van der Waals surface area contributed by atoms with Gasteiger partial charge in [0.1, 0.15) is 0 Å². The molecule has 0 aromatic carbocycles. The maximum Gasteiger partial charge on any atom is 0.317 e. The second-order valence-electron chi connectivity index (χ2n) is 4.12. The maximum atomic E-state index is 11.2. The zero-order valence-corrected chi connectivity index (χ0v) is 8.51. The zero-order valence-electron chi connectivity index (χ0n) is 8.51. The second kappa shape index (κ2) is 3.74. The molecule has 0 unspecified atom stereocenters. The normalized spacial score (nSPS) is 24.6. The molecule has 2 N–H and O–H groups in total. The van der Waals surface area contributed by atoms with Crippen LogP contribution in [0.3, 0.4) is 0 Å². The minimum Gasteiger partial charge on any atom is -0.371 e. The van der Waals surface area contributed by atoms with Crippen molar-refractivity contribution < 1.29 is 9.53 Å². The van der Waals surface area contributed by atoms with Crippen molar-refractivity contribution in [3.63, 3.8) is 0 Å². The van der Waals surface area contributed by atoms with Crippen LogP contribution in [-0.4, -0.2) is 55.9 Å². The van der Waals surface area contributed by atoms with Crippen LogP contribution in [0.1, 0.15) is 6.92 Å². The van der Waals surface area contributed by atoms with Crippen LogP contribution in [-0.2, 0) is 4.74 Å². The Kier molecular flexibility index (Phi) is 2.60. The van der Waals surface area contributed by atoms with Gasteiger partial charge in [-0.25, -0.2) is 4.79 Å². The fourth-order valence-electron chi connectivity index (χ4n) is 1.71. The Balaban J connectivity index is 1.65. The Morgan fingerprint density at radius 2 is 2.36 bits per heavy atom. The number of hydrogen-bond acceptors (Lipinski definition) is 3. The molecule has 0 bridgehead atoms. The molecule has 0 spiro atoms. The zero-order chi connectivity index (χ0) is 10.0. The first-order valence-electron chi connectivity index (χ1n) is 5.07. The van der Waals surface area contributed by atoms with Crippen LogP contribution in [0.2, 0.25) is 0 Å². The molecule has 5 nitrogen and oxygen atoms in total. The van der Waals surface area contributed by atoms with Gasteiger partial charge in [-0.2, -0.15) is 0 Å². The first-order valence-corrected chi connectivity index (χ1v) is 5.07. The lowest BCUT2D eigenvalue weighted by atomic mass is 10.0. The molecule has 5 heteroatoms. The fourth-order valence-corrected chi connectivity index (χ4v) is 1.71. The Morgan fingerprint density at radius 1 is 1.57 bits per heavy atom. The lowest BCUT2D eigenvalue weighted by Gasteiger charge is -2.39. The van der Waals surface area contributed by atoms with E-state index in [-0.39, 0.29) is 11.6 Å². The van der Waals surface area contributed by atoms with Crippen molar-refractivity contribution in [3.8, 4) is 0 Å². The summed E-state index contributed by atoms with van der Waals surface area (Å²) < 4.78 is 5.69.